The molecule has 1 saturated heterocycles. The molecule has 1 N–H and O–H groups in total. The van der Waals surface area contributed by atoms with Crippen molar-refractivity contribution in [2.45, 2.75) is 32.9 Å². The molecular weight excluding hydrogens is 387 g/mol. The Morgan fingerprint density at radius 3 is 2.63 bits per heavy atom. The molecule has 0 spiro atoms. The number of carbonyl (C=O) groups excluding carboxylic acids is 1. The fourth-order valence-electron chi connectivity index (χ4n) is 3.58. The zero-order valence-corrected chi connectivity index (χ0v) is 16.9. The number of imidazole rings is 1. The molecule has 0 bridgehead atoms. The summed E-state index contributed by atoms with van der Waals surface area (Å²) >= 11 is 0. The van der Waals surface area contributed by atoms with Gasteiger partial charge in [0, 0.05) is 32.0 Å². The lowest BCUT2D eigenvalue weighted by Gasteiger charge is -2.13. The van der Waals surface area contributed by atoms with Crippen LogP contribution >= 0.6 is 0 Å². The Kier molecular flexibility index (Phi) is 5.26. The number of benzene rings is 1. The maximum absolute atomic E-state index is 13.4. The maximum atomic E-state index is 13.4. The lowest BCUT2D eigenvalue weighted by Crippen LogP contribution is -2.29. The van der Waals surface area contributed by atoms with Crippen LogP contribution in [0.25, 0.3) is 16.9 Å². The molecule has 1 atom stereocenters. The lowest BCUT2D eigenvalue weighted by molar-refractivity contribution is 0.0760. The predicted octanol–water partition coefficient (Wildman–Crippen LogP) is 2.48. The number of carbonyl (C=O) groups is 1. The average Bonchev–Trinajstić information content (AvgIpc) is 3.33. The molecule has 0 saturated carbocycles. The molecule has 4 rings (SSSR count). The van der Waals surface area contributed by atoms with Gasteiger partial charge in [-0.2, -0.15) is 0 Å². The molecule has 1 aliphatic rings. The van der Waals surface area contributed by atoms with Gasteiger partial charge < -0.3 is 10.0 Å². The Bertz CT molecular complexity index is 1190. The molecule has 7 nitrogen and oxygen atoms in total. The number of nitrogens with zero attached hydrogens (tertiary/aromatic N) is 4. The standard InChI is InChI=1S/C22H23FN4O3/c1-14(2)7-10-27-19(15-3-5-16(23)6-4-15)13-26-12-18(24-20(26)22(27)30)21(29)25-9-8-17(28)11-25/h3-7,12-13,17,28H,8-11H2,1-2H3/t17-/m0/s1. The van der Waals surface area contributed by atoms with Gasteiger partial charge in [-0.05, 0) is 50.1 Å². The zero-order chi connectivity index (χ0) is 21.4. The Balaban J connectivity index is 1.84. The van der Waals surface area contributed by atoms with Crippen LogP contribution < -0.4 is 5.56 Å². The number of allylic oxidation sites excluding steroid dienone is 2. The molecule has 156 valence electrons. The van der Waals surface area contributed by atoms with E-state index in [1.165, 1.54) is 23.2 Å². The van der Waals surface area contributed by atoms with E-state index < -0.39 is 6.10 Å². The van der Waals surface area contributed by atoms with Gasteiger partial charge in [-0.25, -0.2) is 9.37 Å². The van der Waals surface area contributed by atoms with E-state index >= 15 is 0 Å². The monoisotopic (exact) mass is 410 g/mol. The molecule has 30 heavy (non-hydrogen) atoms. The van der Waals surface area contributed by atoms with Crippen molar-refractivity contribution in [1.29, 1.82) is 0 Å². The van der Waals surface area contributed by atoms with E-state index in [1.807, 2.05) is 19.9 Å². The van der Waals surface area contributed by atoms with E-state index in [0.717, 1.165) is 5.57 Å². The van der Waals surface area contributed by atoms with Crippen LogP contribution in [-0.4, -0.2) is 49.1 Å². The Labute approximate surface area is 172 Å². The molecule has 8 heteroatoms. The van der Waals surface area contributed by atoms with Gasteiger partial charge in [0.15, 0.2) is 0 Å². The van der Waals surface area contributed by atoms with Gasteiger partial charge in [-0.15, -0.1) is 0 Å². The Hall–Kier alpha value is -3.26. The number of hydrogen-bond acceptors (Lipinski definition) is 4. The third-order valence-corrected chi connectivity index (χ3v) is 5.21. The molecule has 1 amide bonds. The molecule has 2 aromatic heterocycles. The van der Waals surface area contributed by atoms with Crippen molar-refractivity contribution in [3.8, 4) is 11.3 Å². The fraction of sp³-hybridized carbons (Fsp3) is 0.318. The van der Waals surface area contributed by atoms with E-state index in [4.69, 9.17) is 0 Å². The van der Waals surface area contributed by atoms with Crippen LogP contribution in [0, 0.1) is 5.82 Å². The minimum Gasteiger partial charge on any atom is -0.391 e. The first-order valence-electron chi connectivity index (χ1n) is 9.82. The fourth-order valence-corrected chi connectivity index (χ4v) is 3.58. The Morgan fingerprint density at radius 2 is 2.00 bits per heavy atom. The number of likely N-dealkylation sites (tertiary alicyclic amines) is 1. The van der Waals surface area contributed by atoms with Gasteiger partial charge in [-0.1, -0.05) is 11.6 Å². The topological polar surface area (TPSA) is 79.8 Å². The highest BCUT2D eigenvalue weighted by Crippen LogP contribution is 2.20. The third-order valence-electron chi connectivity index (χ3n) is 5.21. The van der Waals surface area contributed by atoms with Crippen molar-refractivity contribution in [3.05, 3.63) is 70.2 Å². The first kappa shape index (κ1) is 20.0. The number of fused-ring (bicyclic) bond motifs is 1. The SMILES string of the molecule is CC(C)=CCn1c(-c2ccc(F)cc2)cn2cc(C(=O)N3CC[C@H](O)C3)nc2c1=O. The zero-order valence-electron chi connectivity index (χ0n) is 16.9. The average molecular weight is 410 g/mol. The summed E-state index contributed by atoms with van der Waals surface area (Å²) in [6, 6.07) is 5.92. The summed E-state index contributed by atoms with van der Waals surface area (Å²) in [4.78, 5) is 31.8. The van der Waals surface area contributed by atoms with E-state index in [2.05, 4.69) is 4.98 Å². The van der Waals surface area contributed by atoms with Crippen LogP contribution in [0.3, 0.4) is 0 Å². The third kappa shape index (κ3) is 3.78. The summed E-state index contributed by atoms with van der Waals surface area (Å²) in [5.41, 5.74) is 2.30. The minimum atomic E-state index is -0.530. The number of amides is 1. The minimum absolute atomic E-state index is 0.145. The van der Waals surface area contributed by atoms with Gasteiger partial charge in [-0.3, -0.25) is 18.6 Å². The van der Waals surface area contributed by atoms with Gasteiger partial charge in [0.05, 0.1) is 11.8 Å². The summed E-state index contributed by atoms with van der Waals surface area (Å²) < 4.78 is 16.5. The molecule has 0 unspecified atom stereocenters. The largest absolute Gasteiger partial charge is 0.391 e. The quantitative estimate of drug-likeness (QED) is 0.670. The maximum Gasteiger partial charge on any atom is 0.295 e. The first-order chi connectivity index (χ1) is 14.3. The van der Waals surface area contributed by atoms with E-state index in [-0.39, 0.29) is 35.2 Å². The number of rotatable bonds is 4. The molecule has 1 aliphatic heterocycles. The molecule has 0 aliphatic carbocycles. The summed E-state index contributed by atoms with van der Waals surface area (Å²) in [5, 5.41) is 9.70. The van der Waals surface area contributed by atoms with Crippen molar-refractivity contribution >= 4 is 11.6 Å². The highest BCUT2D eigenvalue weighted by Gasteiger charge is 2.27. The van der Waals surface area contributed by atoms with Crippen molar-refractivity contribution in [3.63, 3.8) is 0 Å². The summed E-state index contributed by atoms with van der Waals surface area (Å²) in [6.45, 7) is 4.94. The van der Waals surface area contributed by atoms with Crippen LogP contribution in [0.2, 0.25) is 0 Å². The van der Waals surface area contributed by atoms with Gasteiger partial charge in [0.1, 0.15) is 11.5 Å². The lowest BCUT2D eigenvalue weighted by atomic mass is 10.1. The second-order valence-electron chi connectivity index (χ2n) is 7.77. The van der Waals surface area contributed by atoms with Crippen LogP contribution in [0.1, 0.15) is 30.8 Å². The van der Waals surface area contributed by atoms with Crippen molar-refractivity contribution in [1.82, 2.24) is 18.9 Å². The van der Waals surface area contributed by atoms with Crippen LogP contribution in [0.15, 0.2) is 53.1 Å². The summed E-state index contributed by atoms with van der Waals surface area (Å²) in [6.07, 6.45) is 5.18. The second-order valence-corrected chi connectivity index (χ2v) is 7.77. The van der Waals surface area contributed by atoms with Crippen molar-refractivity contribution < 1.29 is 14.3 Å². The summed E-state index contributed by atoms with van der Waals surface area (Å²) in [5.74, 6) is -0.671. The van der Waals surface area contributed by atoms with Gasteiger partial charge in [0.25, 0.3) is 11.5 Å². The molecule has 3 heterocycles. The molecule has 1 fully saturated rings. The van der Waals surface area contributed by atoms with Crippen LogP contribution in [0.5, 0.6) is 0 Å². The molecular formula is C22H23FN4O3. The number of β-amino-alcohol motifs (C(OH)–C–C–N with tert-alkyl or cyclic N) is 1. The highest BCUT2D eigenvalue weighted by atomic mass is 19.1. The second kappa shape index (κ2) is 7.87. The highest BCUT2D eigenvalue weighted by molar-refractivity contribution is 5.93. The molecule has 0 radical (unpaired) electrons. The number of aliphatic hydroxyl groups is 1. The number of aromatic nitrogens is 3. The van der Waals surface area contributed by atoms with E-state index in [9.17, 15) is 19.1 Å². The van der Waals surface area contributed by atoms with E-state index in [0.29, 0.717) is 30.8 Å². The number of hydrogen-bond donors (Lipinski definition) is 1. The first-order valence-corrected chi connectivity index (χ1v) is 9.82. The summed E-state index contributed by atoms with van der Waals surface area (Å²) in [7, 11) is 0. The molecule has 3 aromatic rings. The van der Waals surface area contributed by atoms with Gasteiger partial charge >= 0.3 is 0 Å². The van der Waals surface area contributed by atoms with Crippen LogP contribution in [-0.2, 0) is 6.54 Å². The normalized spacial score (nSPS) is 16.3. The van der Waals surface area contributed by atoms with Gasteiger partial charge in [0.2, 0.25) is 5.65 Å². The van der Waals surface area contributed by atoms with E-state index in [1.54, 1.807) is 27.3 Å². The Morgan fingerprint density at radius 1 is 1.27 bits per heavy atom. The molecule has 1 aromatic carbocycles. The smallest absolute Gasteiger partial charge is 0.295 e. The van der Waals surface area contributed by atoms with Crippen LogP contribution in [0.4, 0.5) is 4.39 Å². The van der Waals surface area contributed by atoms with Crippen molar-refractivity contribution in [2.75, 3.05) is 13.1 Å². The number of halogens is 1. The predicted molar refractivity (Wildman–Crippen MR) is 111 cm³/mol. The van der Waals surface area contributed by atoms with Crippen molar-refractivity contribution in [2.24, 2.45) is 0 Å². The number of aliphatic hydroxyl groups excluding tert-OH is 1.